The molecular formula is C23H34Cl3N3O. The average molecular weight is 475 g/mol. The summed E-state index contributed by atoms with van der Waals surface area (Å²) in [5.74, 6) is 0.658. The molecule has 1 aromatic heterocycles. The molecule has 1 heterocycles. The molecule has 0 atom stereocenters. The van der Waals surface area contributed by atoms with E-state index in [1.807, 2.05) is 0 Å². The number of anilines is 1. The lowest BCUT2D eigenvalue weighted by Crippen LogP contribution is -2.14. The van der Waals surface area contributed by atoms with Crippen LogP contribution in [-0.4, -0.2) is 16.3 Å². The van der Waals surface area contributed by atoms with Gasteiger partial charge in [0.2, 0.25) is 0 Å². The minimum Gasteiger partial charge on any atom is -0.370 e. The average Bonchev–Trinajstić information content (AvgIpc) is 3.05. The number of unbranched alkanes of at least 4 members (excludes halogenated alkanes) is 11. The highest BCUT2D eigenvalue weighted by atomic mass is 35.5. The van der Waals surface area contributed by atoms with Crippen molar-refractivity contribution in [1.82, 2.24) is 9.78 Å². The first-order valence-corrected chi connectivity index (χ1v) is 12.4. The van der Waals surface area contributed by atoms with Crippen molar-refractivity contribution < 1.29 is 0 Å². The molecule has 168 valence electrons. The van der Waals surface area contributed by atoms with Gasteiger partial charge in [-0.3, -0.25) is 9.89 Å². The Balaban J connectivity index is 1.62. The zero-order valence-electron chi connectivity index (χ0n) is 17.9. The second-order valence-electron chi connectivity index (χ2n) is 7.88. The Labute approximate surface area is 195 Å². The minimum absolute atomic E-state index is 0.224. The summed E-state index contributed by atoms with van der Waals surface area (Å²) in [5.41, 5.74) is 0.185. The van der Waals surface area contributed by atoms with Gasteiger partial charge in [-0.15, -0.1) is 0 Å². The lowest BCUT2D eigenvalue weighted by Gasteiger charge is -2.08. The quantitative estimate of drug-likeness (QED) is 0.255. The summed E-state index contributed by atoms with van der Waals surface area (Å²) >= 11 is 18.4. The molecule has 0 radical (unpaired) electrons. The van der Waals surface area contributed by atoms with Crippen molar-refractivity contribution >= 4 is 40.6 Å². The Morgan fingerprint density at radius 3 is 1.83 bits per heavy atom. The summed E-state index contributed by atoms with van der Waals surface area (Å²) in [4.78, 5) is 12.3. The van der Waals surface area contributed by atoms with Gasteiger partial charge in [0.25, 0.3) is 5.56 Å². The fourth-order valence-electron chi connectivity index (χ4n) is 3.59. The normalized spacial score (nSPS) is 11.2. The van der Waals surface area contributed by atoms with Gasteiger partial charge in [-0.1, -0.05) is 112 Å². The smallest absolute Gasteiger partial charge is 0.273 e. The van der Waals surface area contributed by atoms with Crippen LogP contribution in [0.4, 0.5) is 5.82 Å². The largest absolute Gasteiger partial charge is 0.370 e. The Kier molecular flexibility index (Phi) is 11.8. The third-order valence-electron chi connectivity index (χ3n) is 5.27. The van der Waals surface area contributed by atoms with E-state index < -0.39 is 0 Å². The predicted molar refractivity (Wildman–Crippen MR) is 131 cm³/mol. The van der Waals surface area contributed by atoms with Crippen LogP contribution in [0.2, 0.25) is 15.1 Å². The number of aromatic nitrogens is 2. The van der Waals surface area contributed by atoms with E-state index in [-0.39, 0.29) is 5.56 Å². The molecule has 0 bridgehead atoms. The molecule has 0 spiro atoms. The van der Waals surface area contributed by atoms with E-state index in [0.717, 1.165) is 13.0 Å². The van der Waals surface area contributed by atoms with E-state index in [2.05, 4.69) is 17.3 Å². The second kappa shape index (κ2) is 14.1. The maximum absolute atomic E-state index is 12.3. The van der Waals surface area contributed by atoms with Crippen LogP contribution in [0.5, 0.6) is 0 Å². The van der Waals surface area contributed by atoms with Gasteiger partial charge < -0.3 is 5.32 Å². The van der Waals surface area contributed by atoms with Gasteiger partial charge >= 0.3 is 0 Å². The molecule has 0 unspecified atom stereocenters. The van der Waals surface area contributed by atoms with Crippen LogP contribution >= 0.6 is 34.8 Å². The van der Waals surface area contributed by atoms with E-state index in [4.69, 9.17) is 34.8 Å². The highest BCUT2D eigenvalue weighted by Gasteiger charge is 2.13. The molecule has 2 rings (SSSR count). The van der Waals surface area contributed by atoms with Gasteiger partial charge in [-0.2, -0.15) is 0 Å². The highest BCUT2D eigenvalue weighted by Crippen LogP contribution is 2.31. The standard InChI is InChI=1S/C23H34Cl3N3O/c1-2-3-4-5-6-7-8-9-10-11-12-13-14-27-21-17-22(30)29(28-21)23-19(25)15-18(24)16-20(23)26/h15-17,27-28H,2-14H2,1H3. The monoisotopic (exact) mass is 473 g/mol. The number of aromatic amines is 1. The molecule has 0 amide bonds. The first-order valence-electron chi connectivity index (χ1n) is 11.2. The summed E-state index contributed by atoms with van der Waals surface area (Å²) in [6, 6.07) is 4.65. The van der Waals surface area contributed by atoms with Crippen molar-refractivity contribution in [2.45, 2.75) is 84.0 Å². The van der Waals surface area contributed by atoms with Crippen molar-refractivity contribution in [1.29, 1.82) is 0 Å². The van der Waals surface area contributed by atoms with E-state index >= 15 is 0 Å². The number of H-pyrrole nitrogens is 1. The molecule has 2 N–H and O–H groups in total. The van der Waals surface area contributed by atoms with E-state index in [9.17, 15) is 4.79 Å². The summed E-state index contributed by atoms with van der Waals surface area (Å²) < 4.78 is 1.34. The number of hydrogen-bond donors (Lipinski definition) is 2. The van der Waals surface area contributed by atoms with Crippen molar-refractivity contribution in [3.05, 3.63) is 43.6 Å². The molecule has 0 saturated heterocycles. The van der Waals surface area contributed by atoms with Crippen molar-refractivity contribution in [2.24, 2.45) is 0 Å². The van der Waals surface area contributed by atoms with E-state index in [1.165, 1.54) is 81.4 Å². The Bertz CT molecular complexity index is 793. The number of nitrogens with zero attached hydrogens (tertiary/aromatic N) is 1. The molecule has 4 nitrogen and oxygen atoms in total. The molecule has 30 heavy (non-hydrogen) atoms. The second-order valence-corrected chi connectivity index (χ2v) is 9.13. The topological polar surface area (TPSA) is 49.8 Å². The van der Waals surface area contributed by atoms with Crippen LogP contribution in [0.15, 0.2) is 23.0 Å². The van der Waals surface area contributed by atoms with Gasteiger partial charge in [-0.05, 0) is 18.6 Å². The zero-order chi connectivity index (χ0) is 21.8. The van der Waals surface area contributed by atoms with Gasteiger partial charge in [0.05, 0.1) is 10.0 Å². The van der Waals surface area contributed by atoms with Gasteiger partial charge in [0.1, 0.15) is 11.5 Å². The van der Waals surface area contributed by atoms with Crippen LogP contribution in [0, 0.1) is 0 Å². The van der Waals surface area contributed by atoms with Gasteiger partial charge in [0.15, 0.2) is 0 Å². The van der Waals surface area contributed by atoms with E-state index in [1.54, 1.807) is 12.1 Å². The minimum atomic E-state index is -0.224. The van der Waals surface area contributed by atoms with Crippen molar-refractivity contribution in [3.8, 4) is 5.69 Å². The number of halogens is 3. The van der Waals surface area contributed by atoms with Crippen LogP contribution < -0.4 is 10.9 Å². The SMILES string of the molecule is CCCCCCCCCCCCCCNc1cc(=O)n(-c2c(Cl)cc(Cl)cc2Cl)[nH]1. The van der Waals surface area contributed by atoms with Crippen LogP contribution in [0.25, 0.3) is 5.69 Å². The van der Waals surface area contributed by atoms with Gasteiger partial charge in [-0.25, -0.2) is 4.68 Å². The fraction of sp³-hybridized carbons (Fsp3) is 0.609. The van der Waals surface area contributed by atoms with Crippen molar-refractivity contribution in [3.63, 3.8) is 0 Å². The fourth-order valence-corrected chi connectivity index (χ4v) is 4.58. The third kappa shape index (κ3) is 8.56. The Morgan fingerprint density at radius 1 is 0.800 bits per heavy atom. The number of rotatable bonds is 15. The molecule has 0 aliphatic carbocycles. The molecule has 0 aliphatic rings. The number of nitrogens with one attached hydrogen (secondary N) is 2. The first-order chi connectivity index (χ1) is 14.5. The van der Waals surface area contributed by atoms with E-state index in [0.29, 0.717) is 26.6 Å². The summed E-state index contributed by atoms with van der Waals surface area (Å²) in [6.45, 7) is 3.08. The molecule has 0 aliphatic heterocycles. The Morgan fingerprint density at radius 2 is 1.30 bits per heavy atom. The molecule has 0 saturated carbocycles. The summed E-state index contributed by atoms with van der Waals surface area (Å²) in [6.07, 6.45) is 15.9. The molecule has 2 aromatic rings. The molecule has 7 heteroatoms. The van der Waals surface area contributed by atoms with Crippen LogP contribution in [0.1, 0.15) is 84.0 Å². The number of hydrogen-bond acceptors (Lipinski definition) is 2. The predicted octanol–water partition coefficient (Wildman–Crippen LogP) is 8.24. The van der Waals surface area contributed by atoms with Crippen molar-refractivity contribution in [2.75, 3.05) is 11.9 Å². The van der Waals surface area contributed by atoms with Crippen LogP contribution in [0.3, 0.4) is 0 Å². The lowest BCUT2D eigenvalue weighted by molar-refractivity contribution is 0.546. The molecule has 0 fully saturated rings. The number of benzene rings is 1. The highest BCUT2D eigenvalue weighted by molar-refractivity contribution is 6.40. The summed E-state index contributed by atoms with van der Waals surface area (Å²) in [5, 5.41) is 7.37. The third-order valence-corrected chi connectivity index (χ3v) is 6.07. The van der Waals surface area contributed by atoms with Crippen LogP contribution in [-0.2, 0) is 0 Å². The maximum Gasteiger partial charge on any atom is 0.273 e. The Hall–Kier alpha value is -1.10. The summed E-state index contributed by atoms with van der Waals surface area (Å²) in [7, 11) is 0. The zero-order valence-corrected chi connectivity index (χ0v) is 20.2. The first kappa shape index (κ1) is 25.2. The maximum atomic E-state index is 12.3. The lowest BCUT2D eigenvalue weighted by atomic mass is 10.1. The molecular weight excluding hydrogens is 441 g/mol. The molecule has 1 aromatic carbocycles. The van der Waals surface area contributed by atoms with Gasteiger partial charge in [0, 0.05) is 17.6 Å².